The summed E-state index contributed by atoms with van der Waals surface area (Å²) >= 11 is 0. The lowest BCUT2D eigenvalue weighted by Gasteiger charge is -2.22. The molecule has 0 aromatic rings. The van der Waals surface area contributed by atoms with Crippen molar-refractivity contribution in [2.24, 2.45) is 0 Å². The average Bonchev–Trinajstić information content (AvgIpc) is 2.00. The molecule has 65 valence electrons. The molecule has 0 aliphatic heterocycles. The predicted octanol–water partition coefficient (Wildman–Crippen LogP) is 1.34. The van der Waals surface area contributed by atoms with Crippen molar-refractivity contribution in [1.29, 1.82) is 0 Å². The van der Waals surface area contributed by atoms with Gasteiger partial charge in [-0.1, -0.05) is 9.48 Å². The lowest BCUT2D eigenvalue weighted by Crippen LogP contribution is -2.48. The van der Waals surface area contributed by atoms with Crippen LogP contribution in [0.4, 0.5) is 0 Å². The Morgan fingerprint density at radius 2 is 1.55 bits per heavy atom. The van der Waals surface area contributed by atoms with E-state index < -0.39 is 0 Å². The maximum Gasteiger partial charge on any atom is 0.635 e. The van der Waals surface area contributed by atoms with E-state index in [1.165, 1.54) is 6.92 Å². The molecule has 0 aliphatic carbocycles. The van der Waals surface area contributed by atoms with Crippen molar-refractivity contribution in [3.8, 4) is 0 Å². The second-order valence-electron chi connectivity index (χ2n) is 2.59. The Bertz CT molecular complexity index is 122. The first-order valence-corrected chi connectivity index (χ1v) is 4.16. The minimum atomic E-state index is -0.199. The summed E-state index contributed by atoms with van der Waals surface area (Å²) in [7, 11) is 0. The molecule has 3 heteroatoms. The van der Waals surface area contributed by atoms with Crippen LogP contribution < -0.4 is 0 Å². The van der Waals surface area contributed by atoms with Crippen LogP contribution >= 0.6 is 0 Å². The molecule has 0 fully saturated rings. The molecule has 0 heterocycles. The second-order valence-corrected chi connectivity index (χ2v) is 2.59. The van der Waals surface area contributed by atoms with Gasteiger partial charge in [0.2, 0.25) is 0 Å². The SMILES string of the molecule is CC[N+](CC)(CC)OC(C)=[O+]. The van der Waals surface area contributed by atoms with E-state index in [9.17, 15) is 4.79 Å². The molecule has 0 aliphatic rings. The van der Waals surface area contributed by atoms with Crippen LogP contribution in [0.5, 0.6) is 0 Å². The molecular weight excluding hydrogens is 142 g/mol. The first-order chi connectivity index (χ1) is 5.10. The first kappa shape index (κ1) is 10.4. The Labute approximate surface area is 68.5 Å². The third-order valence-electron chi connectivity index (χ3n) is 2.05. The lowest BCUT2D eigenvalue weighted by atomic mass is 10.5. The van der Waals surface area contributed by atoms with E-state index in [1.807, 2.05) is 20.8 Å². The Kier molecular flexibility index (Phi) is 4.11. The molecule has 0 saturated heterocycles. The van der Waals surface area contributed by atoms with Gasteiger partial charge in [0.05, 0.1) is 4.79 Å². The molecule has 11 heavy (non-hydrogen) atoms. The standard InChI is InChI=1S/C8H18NO2/c1-5-9(6-2,7-3)11-8(4)10/h5-7H2,1-4H3/q+2. The van der Waals surface area contributed by atoms with Crippen LogP contribution in [-0.2, 0) is 9.63 Å². The number of carbonyl (C=O) groups excluding carboxylic acids is 1. The summed E-state index contributed by atoms with van der Waals surface area (Å²) in [6.07, 6.45) is 0. The largest absolute Gasteiger partial charge is 0.635 e. The van der Waals surface area contributed by atoms with Crippen LogP contribution in [0, 0.1) is 0 Å². The van der Waals surface area contributed by atoms with Crippen LogP contribution in [-0.4, -0.2) is 30.2 Å². The van der Waals surface area contributed by atoms with Crippen LogP contribution in [0.15, 0.2) is 0 Å². The van der Waals surface area contributed by atoms with Crippen molar-refractivity contribution in [3.63, 3.8) is 0 Å². The van der Waals surface area contributed by atoms with Gasteiger partial charge in [0.25, 0.3) is 0 Å². The van der Waals surface area contributed by atoms with Crippen LogP contribution in [0.2, 0.25) is 0 Å². The van der Waals surface area contributed by atoms with E-state index in [4.69, 9.17) is 4.84 Å². The number of rotatable bonds is 4. The highest BCUT2D eigenvalue weighted by atomic mass is 16.7. The Hall–Kier alpha value is -0.570. The minimum Gasteiger partial charge on any atom is -0.0868 e. The van der Waals surface area contributed by atoms with Gasteiger partial charge in [0, 0.05) is 0 Å². The highest BCUT2D eigenvalue weighted by molar-refractivity contribution is 5.65. The van der Waals surface area contributed by atoms with Gasteiger partial charge in [0.15, 0.2) is 0 Å². The molecule has 1 radical (unpaired) electrons. The molecule has 0 rings (SSSR count). The Morgan fingerprint density at radius 1 is 1.18 bits per heavy atom. The monoisotopic (exact) mass is 160 g/mol. The van der Waals surface area contributed by atoms with Gasteiger partial charge in [-0.3, -0.25) is 0 Å². The maximum atomic E-state index is 10.7. The summed E-state index contributed by atoms with van der Waals surface area (Å²) in [5, 5.41) is 0. The molecule has 0 amide bonds. The molecule has 3 nitrogen and oxygen atoms in total. The van der Waals surface area contributed by atoms with Crippen molar-refractivity contribution in [3.05, 3.63) is 0 Å². The molecular formula is C8H18NO2+2. The van der Waals surface area contributed by atoms with Crippen molar-refractivity contribution in [2.45, 2.75) is 27.7 Å². The molecule has 0 unspecified atom stereocenters. The van der Waals surface area contributed by atoms with Crippen molar-refractivity contribution in [2.75, 3.05) is 19.6 Å². The summed E-state index contributed by atoms with van der Waals surface area (Å²) in [6.45, 7) is 10.0. The zero-order valence-corrected chi connectivity index (χ0v) is 7.89. The van der Waals surface area contributed by atoms with Crippen LogP contribution in [0.3, 0.4) is 0 Å². The smallest absolute Gasteiger partial charge is 0.0868 e. The van der Waals surface area contributed by atoms with Crippen molar-refractivity contribution >= 4 is 5.97 Å². The zero-order valence-electron chi connectivity index (χ0n) is 7.89. The number of hydroxylamine groups is 3. The lowest BCUT2D eigenvalue weighted by molar-refractivity contribution is -1.09. The highest BCUT2D eigenvalue weighted by Gasteiger charge is 2.34. The van der Waals surface area contributed by atoms with Gasteiger partial charge in [0.1, 0.15) is 26.6 Å². The molecule has 0 saturated carbocycles. The summed E-state index contributed by atoms with van der Waals surface area (Å²) in [4.78, 5) is 15.9. The quantitative estimate of drug-likeness (QED) is 0.353. The third kappa shape index (κ3) is 2.89. The van der Waals surface area contributed by atoms with Gasteiger partial charge in [-0.15, -0.1) is 0 Å². The van der Waals surface area contributed by atoms with E-state index in [0.29, 0.717) is 4.65 Å². The molecule has 0 N–H and O–H groups in total. The van der Waals surface area contributed by atoms with E-state index in [1.54, 1.807) is 0 Å². The predicted molar refractivity (Wildman–Crippen MR) is 43.6 cm³/mol. The topological polar surface area (TPSA) is 29.1 Å². The molecule has 0 aromatic carbocycles. The molecule has 0 bridgehead atoms. The summed E-state index contributed by atoms with van der Waals surface area (Å²) in [6, 6.07) is 0. The van der Waals surface area contributed by atoms with E-state index in [-0.39, 0.29) is 5.97 Å². The van der Waals surface area contributed by atoms with E-state index in [2.05, 4.69) is 0 Å². The van der Waals surface area contributed by atoms with Crippen LogP contribution in [0.25, 0.3) is 0 Å². The zero-order chi connectivity index (χ0) is 8.91. The number of hydrogen-bond donors (Lipinski definition) is 0. The first-order valence-electron chi connectivity index (χ1n) is 4.16. The van der Waals surface area contributed by atoms with Gasteiger partial charge in [-0.05, 0) is 20.8 Å². The van der Waals surface area contributed by atoms with Gasteiger partial charge < -0.3 is 0 Å². The van der Waals surface area contributed by atoms with Gasteiger partial charge in [-0.25, -0.2) is 0 Å². The summed E-state index contributed by atoms with van der Waals surface area (Å²) in [5.41, 5.74) is 0. The Balaban J connectivity index is 4.16. The summed E-state index contributed by atoms with van der Waals surface area (Å²) < 4.78 is 0.440. The third-order valence-corrected chi connectivity index (χ3v) is 2.05. The second kappa shape index (κ2) is 4.34. The normalized spacial score (nSPS) is 11.3. The maximum absolute atomic E-state index is 10.7. The average molecular weight is 160 g/mol. The highest BCUT2D eigenvalue weighted by Crippen LogP contribution is 2.06. The molecule has 0 atom stereocenters. The fourth-order valence-electron chi connectivity index (χ4n) is 1.14. The minimum absolute atomic E-state index is 0.199. The molecule has 0 aromatic heterocycles. The number of nitrogens with zero attached hydrogens (tertiary/aromatic N) is 1. The van der Waals surface area contributed by atoms with Crippen LogP contribution in [0.1, 0.15) is 27.7 Å². The van der Waals surface area contributed by atoms with E-state index in [0.717, 1.165) is 19.6 Å². The molecule has 0 spiro atoms. The van der Waals surface area contributed by atoms with Gasteiger partial charge in [-0.2, -0.15) is 0 Å². The van der Waals surface area contributed by atoms with E-state index >= 15 is 0 Å². The summed E-state index contributed by atoms with van der Waals surface area (Å²) in [5.74, 6) is -0.199. The number of hydrogen-bond acceptors (Lipinski definition) is 2. The van der Waals surface area contributed by atoms with Crippen molar-refractivity contribution in [1.82, 2.24) is 0 Å². The van der Waals surface area contributed by atoms with Crippen molar-refractivity contribution < 1.29 is 14.3 Å². The fraction of sp³-hybridized carbons (Fsp3) is 0.875. The number of quaternary nitrogens is 1. The number of carbonyl (C=O) groups is 1. The Morgan fingerprint density at radius 3 is 1.64 bits per heavy atom. The van der Waals surface area contributed by atoms with Gasteiger partial charge >= 0.3 is 5.97 Å². The fourth-order valence-corrected chi connectivity index (χ4v) is 1.14.